The Morgan fingerprint density at radius 2 is 1.74 bits per heavy atom. The molecule has 0 unspecified atom stereocenters. The van der Waals surface area contributed by atoms with Crippen LogP contribution in [-0.4, -0.2) is 42.0 Å². The van der Waals surface area contributed by atoms with Crippen LogP contribution in [0.15, 0.2) is 47.5 Å². The highest BCUT2D eigenvalue weighted by Crippen LogP contribution is 2.41. The van der Waals surface area contributed by atoms with Crippen molar-refractivity contribution in [1.82, 2.24) is 9.29 Å². The van der Waals surface area contributed by atoms with Crippen LogP contribution in [-0.2, 0) is 14.8 Å². The van der Waals surface area contributed by atoms with E-state index < -0.39 is 21.7 Å². The van der Waals surface area contributed by atoms with Gasteiger partial charge in [-0.1, -0.05) is 36.6 Å². The SMILES string of the molecule is Cc1ccc(S(=O)(=O)N2CCC[C@H]2c2cccnc2N(C(=O)OC(C)(C)C)C2CCCC2)cc1. The molecule has 34 heavy (non-hydrogen) atoms. The van der Waals surface area contributed by atoms with Gasteiger partial charge in [-0.05, 0) is 71.6 Å². The van der Waals surface area contributed by atoms with Crippen LogP contribution >= 0.6 is 0 Å². The first-order chi connectivity index (χ1) is 16.1. The molecular weight excluding hydrogens is 450 g/mol. The second-order valence-electron chi connectivity index (χ2n) is 10.3. The Morgan fingerprint density at radius 3 is 2.38 bits per heavy atom. The maximum atomic E-state index is 13.6. The zero-order valence-corrected chi connectivity index (χ0v) is 21.3. The summed E-state index contributed by atoms with van der Waals surface area (Å²) in [5.74, 6) is 0.514. The first kappa shape index (κ1) is 24.7. The van der Waals surface area contributed by atoms with Crippen LogP contribution in [0.2, 0.25) is 0 Å². The molecule has 0 N–H and O–H groups in total. The monoisotopic (exact) mass is 485 g/mol. The molecule has 1 aliphatic carbocycles. The lowest BCUT2D eigenvalue weighted by molar-refractivity contribution is 0.0564. The number of anilines is 1. The number of amides is 1. The molecule has 4 rings (SSSR count). The Morgan fingerprint density at radius 1 is 1.06 bits per heavy atom. The van der Waals surface area contributed by atoms with Crippen LogP contribution < -0.4 is 4.90 Å². The van der Waals surface area contributed by atoms with Crippen molar-refractivity contribution in [3.8, 4) is 0 Å². The molecule has 2 heterocycles. The number of benzene rings is 1. The van der Waals surface area contributed by atoms with Gasteiger partial charge in [-0.2, -0.15) is 4.31 Å². The molecule has 1 amide bonds. The van der Waals surface area contributed by atoms with Gasteiger partial charge in [0.25, 0.3) is 0 Å². The third-order valence-corrected chi connectivity index (χ3v) is 8.44. The highest BCUT2D eigenvalue weighted by atomic mass is 32.2. The summed E-state index contributed by atoms with van der Waals surface area (Å²) in [6.07, 6.45) is 6.52. The Bertz CT molecular complexity index is 1120. The first-order valence-electron chi connectivity index (χ1n) is 12.1. The largest absolute Gasteiger partial charge is 0.443 e. The molecule has 1 saturated carbocycles. The Balaban J connectivity index is 1.74. The van der Waals surface area contributed by atoms with E-state index in [2.05, 4.69) is 4.98 Å². The van der Waals surface area contributed by atoms with Gasteiger partial charge in [0, 0.05) is 24.3 Å². The molecule has 184 valence electrons. The Kier molecular flexibility index (Phi) is 7.01. The summed E-state index contributed by atoms with van der Waals surface area (Å²) in [4.78, 5) is 20.0. The molecule has 1 aliphatic heterocycles. The number of aryl methyl sites for hydroxylation is 1. The standard InChI is InChI=1S/C26H35N3O4S/c1-19-13-15-21(16-14-19)34(31,32)28-18-8-12-23(28)22-11-7-17-27-24(22)29(20-9-5-6-10-20)25(30)33-26(2,3)4/h7,11,13-17,20,23H,5-6,8-10,12,18H2,1-4H3/t23-/m0/s1. The summed E-state index contributed by atoms with van der Waals surface area (Å²) in [7, 11) is -3.69. The fourth-order valence-electron chi connectivity index (χ4n) is 4.94. The van der Waals surface area contributed by atoms with Crippen molar-refractivity contribution in [2.24, 2.45) is 0 Å². The summed E-state index contributed by atoms with van der Waals surface area (Å²) in [5.41, 5.74) is 1.13. The molecule has 1 saturated heterocycles. The minimum Gasteiger partial charge on any atom is -0.443 e. The molecule has 0 bridgehead atoms. The van der Waals surface area contributed by atoms with E-state index in [9.17, 15) is 13.2 Å². The van der Waals surface area contributed by atoms with Gasteiger partial charge in [-0.3, -0.25) is 4.90 Å². The topological polar surface area (TPSA) is 79.8 Å². The fourth-order valence-corrected chi connectivity index (χ4v) is 6.61. The number of carbonyl (C=O) groups is 1. The van der Waals surface area contributed by atoms with Gasteiger partial charge in [0.05, 0.1) is 10.9 Å². The van der Waals surface area contributed by atoms with Gasteiger partial charge in [-0.15, -0.1) is 0 Å². The van der Waals surface area contributed by atoms with E-state index in [-0.39, 0.29) is 17.0 Å². The van der Waals surface area contributed by atoms with E-state index in [4.69, 9.17) is 4.74 Å². The van der Waals surface area contributed by atoms with Crippen LogP contribution in [0, 0.1) is 6.92 Å². The van der Waals surface area contributed by atoms with E-state index >= 15 is 0 Å². The van der Waals surface area contributed by atoms with Crippen molar-refractivity contribution in [3.63, 3.8) is 0 Å². The predicted octanol–water partition coefficient (Wildman–Crippen LogP) is 5.60. The van der Waals surface area contributed by atoms with E-state index in [1.165, 1.54) is 0 Å². The lowest BCUT2D eigenvalue weighted by atomic mass is 10.0. The maximum absolute atomic E-state index is 13.6. The highest BCUT2D eigenvalue weighted by molar-refractivity contribution is 7.89. The number of hydrogen-bond acceptors (Lipinski definition) is 5. The maximum Gasteiger partial charge on any atom is 0.416 e. The number of nitrogens with zero attached hydrogens (tertiary/aromatic N) is 3. The number of hydrogen-bond donors (Lipinski definition) is 0. The Labute approximate surface area is 203 Å². The van der Waals surface area contributed by atoms with Gasteiger partial charge in [0.1, 0.15) is 11.4 Å². The number of ether oxygens (including phenoxy) is 1. The molecule has 1 aromatic carbocycles. The molecule has 8 heteroatoms. The number of aromatic nitrogens is 1. The van der Waals surface area contributed by atoms with E-state index in [1.54, 1.807) is 27.5 Å². The second kappa shape index (κ2) is 9.66. The lowest BCUT2D eigenvalue weighted by Crippen LogP contribution is -2.44. The third-order valence-electron chi connectivity index (χ3n) is 6.52. The molecule has 2 aliphatic rings. The smallest absolute Gasteiger partial charge is 0.416 e. The summed E-state index contributed by atoms with van der Waals surface area (Å²) < 4.78 is 34.5. The van der Waals surface area contributed by atoms with Crippen molar-refractivity contribution in [2.45, 2.75) is 88.8 Å². The first-order valence-corrected chi connectivity index (χ1v) is 13.6. The van der Waals surface area contributed by atoms with Gasteiger partial charge in [0.15, 0.2) is 0 Å². The van der Waals surface area contributed by atoms with Crippen molar-refractivity contribution in [3.05, 3.63) is 53.7 Å². The molecule has 1 atom stereocenters. The third kappa shape index (κ3) is 5.13. The predicted molar refractivity (Wildman–Crippen MR) is 132 cm³/mol. The van der Waals surface area contributed by atoms with E-state index in [0.717, 1.165) is 43.2 Å². The highest BCUT2D eigenvalue weighted by Gasteiger charge is 2.40. The van der Waals surface area contributed by atoms with Crippen LogP contribution in [0.5, 0.6) is 0 Å². The van der Waals surface area contributed by atoms with E-state index in [0.29, 0.717) is 18.8 Å². The minimum absolute atomic E-state index is 0.00735. The molecule has 0 radical (unpaired) electrons. The number of sulfonamides is 1. The fraction of sp³-hybridized carbons (Fsp3) is 0.538. The zero-order chi connectivity index (χ0) is 24.5. The summed E-state index contributed by atoms with van der Waals surface area (Å²) >= 11 is 0. The van der Waals surface area contributed by atoms with Crippen LogP contribution in [0.4, 0.5) is 10.6 Å². The molecule has 1 aromatic heterocycles. The van der Waals surface area contributed by atoms with Crippen molar-refractivity contribution < 1.29 is 17.9 Å². The van der Waals surface area contributed by atoms with Crippen LogP contribution in [0.1, 0.15) is 76.5 Å². The van der Waals surface area contributed by atoms with E-state index in [1.807, 2.05) is 52.0 Å². The number of rotatable bonds is 5. The summed E-state index contributed by atoms with van der Waals surface area (Å²) in [6, 6.07) is 10.3. The summed E-state index contributed by atoms with van der Waals surface area (Å²) in [5, 5.41) is 0. The summed E-state index contributed by atoms with van der Waals surface area (Å²) in [6.45, 7) is 7.92. The number of pyridine rings is 1. The number of carbonyl (C=O) groups excluding carboxylic acids is 1. The average Bonchev–Trinajstić information content (AvgIpc) is 3.46. The normalized spacial score (nSPS) is 19.9. The molecular formula is C26H35N3O4S. The quantitative estimate of drug-likeness (QED) is 0.551. The van der Waals surface area contributed by atoms with Gasteiger partial charge in [0.2, 0.25) is 10.0 Å². The van der Waals surface area contributed by atoms with Crippen molar-refractivity contribution in [1.29, 1.82) is 0 Å². The molecule has 0 spiro atoms. The lowest BCUT2D eigenvalue weighted by Gasteiger charge is -2.34. The van der Waals surface area contributed by atoms with Crippen molar-refractivity contribution >= 4 is 21.9 Å². The average molecular weight is 486 g/mol. The second-order valence-corrected chi connectivity index (χ2v) is 12.2. The van der Waals surface area contributed by atoms with Gasteiger partial charge < -0.3 is 4.74 Å². The van der Waals surface area contributed by atoms with Gasteiger partial charge in [-0.25, -0.2) is 18.2 Å². The molecule has 2 aromatic rings. The molecule has 7 nitrogen and oxygen atoms in total. The van der Waals surface area contributed by atoms with Gasteiger partial charge >= 0.3 is 6.09 Å². The van der Waals surface area contributed by atoms with Crippen molar-refractivity contribution in [2.75, 3.05) is 11.4 Å². The zero-order valence-electron chi connectivity index (χ0n) is 20.5. The van der Waals surface area contributed by atoms with Crippen LogP contribution in [0.25, 0.3) is 0 Å². The minimum atomic E-state index is -3.69. The molecule has 2 fully saturated rings. The Hall–Kier alpha value is -2.45. The van der Waals surface area contributed by atoms with Crippen LogP contribution in [0.3, 0.4) is 0 Å².